The van der Waals surface area contributed by atoms with Gasteiger partial charge < -0.3 is 10.6 Å². The van der Waals surface area contributed by atoms with E-state index in [1.54, 1.807) is 36.2 Å². The molecule has 1 aliphatic carbocycles. The Morgan fingerprint density at radius 1 is 1.23 bits per heavy atom. The van der Waals surface area contributed by atoms with Crippen LogP contribution in [0.1, 0.15) is 40.0 Å². The van der Waals surface area contributed by atoms with Crippen molar-refractivity contribution in [1.82, 2.24) is 10.2 Å². The predicted molar refractivity (Wildman–Crippen MR) is 106 cm³/mol. The van der Waals surface area contributed by atoms with Gasteiger partial charge in [0.1, 0.15) is 0 Å². The Kier molecular flexibility index (Phi) is 7.47. The molecule has 0 radical (unpaired) electrons. The lowest BCUT2D eigenvalue weighted by molar-refractivity contribution is -0.127. The summed E-state index contributed by atoms with van der Waals surface area (Å²) in [6.07, 6.45) is 3.42. The average Bonchev–Trinajstić information content (AvgIpc) is 2.60. The molecule has 26 heavy (non-hydrogen) atoms. The van der Waals surface area contributed by atoms with Gasteiger partial charge in [0, 0.05) is 16.8 Å². The minimum absolute atomic E-state index is 0.0160. The Bertz CT molecular complexity index is 620. The highest BCUT2D eigenvalue weighted by Crippen LogP contribution is 2.29. The maximum atomic E-state index is 12.6. The molecule has 0 aliphatic heterocycles. The Morgan fingerprint density at radius 2 is 1.88 bits per heavy atom. The number of carbonyl (C=O) groups excluding carboxylic acids is 2. The largest absolute Gasteiger partial charge is 0.352 e. The number of likely N-dealkylation sites (N-methyl/N-ethyl adjacent to an activating group) is 1. The van der Waals surface area contributed by atoms with Gasteiger partial charge in [-0.1, -0.05) is 38.3 Å². The first kappa shape index (κ1) is 20.7. The number of hydrogen-bond acceptors (Lipinski definition) is 3. The number of anilines is 1. The zero-order valence-electron chi connectivity index (χ0n) is 16.1. The van der Waals surface area contributed by atoms with Gasteiger partial charge in [-0.3, -0.25) is 14.5 Å². The number of rotatable bonds is 6. The first-order chi connectivity index (χ1) is 12.3. The maximum absolute atomic E-state index is 12.6. The van der Waals surface area contributed by atoms with E-state index in [1.807, 2.05) is 6.92 Å². The molecule has 1 aromatic rings. The summed E-state index contributed by atoms with van der Waals surface area (Å²) in [5, 5.41) is 6.62. The van der Waals surface area contributed by atoms with Crippen molar-refractivity contribution in [2.45, 2.75) is 52.1 Å². The number of hydrogen-bond donors (Lipinski definition) is 2. The summed E-state index contributed by atoms with van der Waals surface area (Å²) in [6, 6.07) is 6.82. The third kappa shape index (κ3) is 5.71. The van der Waals surface area contributed by atoms with Crippen molar-refractivity contribution >= 4 is 29.1 Å². The molecule has 0 unspecified atom stereocenters. The summed E-state index contributed by atoms with van der Waals surface area (Å²) in [6.45, 7) is 6.44. The van der Waals surface area contributed by atoms with Gasteiger partial charge >= 0.3 is 0 Å². The van der Waals surface area contributed by atoms with Crippen LogP contribution in [0.5, 0.6) is 0 Å². The van der Waals surface area contributed by atoms with Crippen LogP contribution in [-0.2, 0) is 9.59 Å². The van der Waals surface area contributed by atoms with Gasteiger partial charge in [-0.25, -0.2) is 0 Å². The summed E-state index contributed by atoms with van der Waals surface area (Å²) in [4.78, 5) is 26.5. The van der Waals surface area contributed by atoms with E-state index in [0.717, 1.165) is 12.8 Å². The standard InChI is InChI=1S/C20H30ClN3O2/c1-13-6-5-7-18(14(13)2)23-20(26)15(3)24(4)12-19(25)22-17-10-8-16(21)9-11-17/h8-11,13-15,18H,5-7,12H2,1-4H3,(H,22,25)(H,23,26)/t13-,14+,15+,18+/m0/s1. The summed E-state index contributed by atoms with van der Waals surface area (Å²) in [7, 11) is 1.79. The van der Waals surface area contributed by atoms with Crippen LogP contribution in [0.25, 0.3) is 0 Å². The number of nitrogens with one attached hydrogen (secondary N) is 2. The van der Waals surface area contributed by atoms with Crippen molar-refractivity contribution in [3.05, 3.63) is 29.3 Å². The third-order valence-corrected chi connectivity index (χ3v) is 5.85. The monoisotopic (exact) mass is 379 g/mol. The van der Waals surface area contributed by atoms with Crippen LogP contribution >= 0.6 is 11.6 Å². The summed E-state index contributed by atoms with van der Waals surface area (Å²) < 4.78 is 0. The zero-order chi connectivity index (χ0) is 19.3. The highest BCUT2D eigenvalue weighted by Gasteiger charge is 2.30. The van der Waals surface area contributed by atoms with E-state index in [9.17, 15) is 9.59 Å². The molecule has 1 saturated carbocycles. The molecule has 5 nitrogen and oxygen atoms in total. The first-order valence-electron chi connectivity index (χ1n) is 9.34. The maximum Gasteiger partial charge on any atom is 0.238 e. The first-order valence-corrected chi connectivity index (χ1v) is 9.71. The second kappa shape index (κ2) is 9.38. The molecule has 2 amide bonds. The fourth-order valence-electron chi connectivity index (χ4n) is 3.39. The molecule has 4 atom stereocenters. The molecule has 144 valence electrons. The molecule has 0 heterocycles. The molecule has 0 saturated heterocycles. The van der Waals surface area contributed by atoms with Crippen LogP contribution in [0.2, 0.25) is 5.02 Å². The van der Waals surface area contributed by atoms with Crippen molar-refractivity contribution in [1.29, 1.82) is 0 Å². The minimum atomic E-state index is -0.365. The number of benzene rings is 1. The van der Waals surface area contributed by atoms with E-state index in [2.05, 4.69) is 24.5 Å². The normalized spacial score (nSPS) is 24.2. The minimum Gasteiger partial charge on any atom is -0.352 e. The van der Waals surface area contributed by atoms with Crippen LogP contribution in [-0.4, -0.2) is 42.4 Å². The average molecular weight is 380 g/mol. The Balaban J connectivity index is 1.83. The lowest BCUT2D eigenvalue weighted by Crippen LogP contribution is -2.51. The van der Waals surface area contributed by atoms with Gasteiger partial charge in [0.15, 0.2) is 0 Å². The van der Waals surface area contributed by atoms with Gasteiger partial charge in [0.25, 0.3) is 0 Å². The lowest BCUT2D eigenvalue weighted by atomic mass is 9.78. The highest BCUT2D eigenvalue weighted by molar-refractivity contribution is 6.30. The number of amides is 2. The second-order valence-corrected chi connectivity index (χ2v) is 7.96. The van der Waals surface area contributed by atoms with Gasteiger partial charge in [-0.2, -0.15) is 0 Å². The van der Waals surface area contributed by atoms with Crippen LogP contribution in [0.3, 0.4) is 0 Å². The molecular weight excluding hydrogens is 350 g/mol. The fraction of sp³-hybridized carbons (Fsp3) is 0.600. The zero-order valence-corrected chi connectivity index (χ0v) is 16.8. The molecule has 2 N–H and O–H groups in total. The van der Waals surface area contributed by atoms with Crippen LogP contribution in [0.15, 0.2) is 24.3 Å². The highest BCUT2D eigenvalue weighted by atomic mass is 35.5. The predicted octanol–water partition coefficient (Wildman–Crippen LogP) is 3.54. The van der Waals surface area contributed by atoms with Gasteiger partial charge in [-0.05, 0) is 56.5 Å². The van der Waals surface area contributed by atoms with Crippen LogP contribution in [0.4, 0.5) is 5.69 Å². The molecular formula is C20H30ClN3O2. The van der Waals surface area contributed by atoms with Crippen molar-refractivity contribution in [2.24, 2.45) is 11.8 Å². The Morgan fingerprint density at radius 3 is 2.54 bits per heavy atom. The number of carbonyl (C=O) groups is 2. The van der Waals surface area contributed by atoms with Gasteiger partial charge in [0.2, 0.25) is 11.8 Å². The Hall–Kier alpha value is -1.59. The van der Waals surface area contributed by atoms with Crippen molar-refractivity contribution in [2.75, 3.05) is 18.9 Å². The van der Waals surface area contributed by atoms with E-state index < -0.39 is 0 Å². The number of nitrogens with zero attached hydrogens (tertiary/aromatic N) is 1. The molecule has 1 fully saturated rings. The smallest absolute Gasteiger partial charge is 0.238 e. The molecule has 2 rings (SSSR count). The summed E-state index contributed by atoms with van der Waals surface area (Å²) >= 11 is 5.84. The van der Waals surface area contributed by atoms with Crippen LogP contribution in [0, 0.1) is 11.8 Å². The third-order valence-electron chi connectivity index (χ3n) is 5.60. The lowest BCUT2D eigenvalue weighted by Gasteiger charge is -2.36. The quantitative estimate of drug-likeness (QED) is 0.794. The van der Waals surface area contributed by atoms with E-state index in [1.165, 1.54) is 6.42 Å². The molecule has 0 aromatic heterocycles. The SMILES string of the molecule is C[C@@H]1[C@@H](C)CCC[C@H]1NC(=O)[C@@H](C)N(C)CC(=O)Nc1ccc(Cl)cc1. The summed E-state index contributed by atoms with van der Waals surface area (Å²) in [5.74, 6) is 0.942. The Labute approximate surface area is 161 Å². The molecule has 1 aliphatic rings. The van der Waals surface area contributed by atoms with Gasteiger partial charge in [0.05, 0.1) is 12.6 Å². The van der Waals surface area contributed by atoms with E-state index in [-0.39, 0.29) is 30.4 Å². The molecule has 1 aromatic carbocycles. The number of halogens is 1. The van der Waals surface area contributed by atoms with Crippen LogP contribution < -0.4 is 10.6 Å². The van der Waals surface area contributed by atoms with Gasteiger partial charge in [-0.15, -0.1) is 0 Å². The van der Waals surface area contributed by atoms with Crippen molar-refractivity contribution < 1.29 is 9.59 Å². The second-order valence-electron chi connectivity index (χ2n) is 7.53. The van der Waals surface area contributed by atoms with E-state index in [0.29, 0.717) is 22.5 Å². The topological polar surface area (TPSA) is 61.4 Å². The fourth-order valence-corrected chi connectivity index (χ4v) is 3.51. The summed E-state index contributed by atoms with van der Waals surface area (Å²) in [5.41, 5.74) is 0.690. The van der Waals surface area contributed by atoms with Crippen molar-refractivity contribution in [3.63, 3.8) is 0 Å². The van der Waals surface area contributed by atoms with E-state index >= 15 is 0 Å². The molecule has 0 spiro atoms. The molecule has 6 heteroatoms. The van der Waals surface area contributed by atoms with Crippen molar-refractivity contribution in [3.8, 4) is 0 Å². The van der Waals surface area contributed by atoms with E-state index in [4.69, 9.17) is 11.6 Å². The molecule has 0 bridgehead atoms.